The van der Waals surface area contributed by atoms with Gasteiger partial charge in [-0.05, 0) is 55.9 Å². The van der Waals surface area contributed by atoms with Crippen LogP contribution in [0.1, 0.15) is 40.5 Å². The third kappa shape index (κ3) is 5.17. The summed E-state index contributed by atoms with van der Waals surface area (Å²) in [6, 6.07) is 14.8. The highest BCUT2D eigenvalue weighted by atomic mass is 16.2. The number of nitrogens with two attached hydrogens (primary N) is 1. The largest absolute Gasteiger partial charge is 0.366 e. The highest BCUT2D eigenvalue weighted by molar-refractivity contribution is 5.96. The van der Waals surface area contributed by atoms with Crippen LogP contribution in [0.25, 0.3) is 11.1 Å². The van der Waals surface area contributed by atoms with Gasteiger partial charge in [-0.2, -0.15) is 0 Å². The Morgan fingerprint density at radius 3 is 2.31 bits per heavy atom. The molecule has 0 spiro atoms. The highest BCUT2D eigenvalue weighted by Crippen LogP contribution is 2.21. The second-order valence-electron chi connectivity index (χ2n) is 6.64. The molecule has 0 aromatic heterocycles. The van der Waals surface area contributed by atoms with Gasteiger partial charge in [-0.3, -0.25) is 9.59 Å². The molecule has 1 atom stereocenters. The molecular formula is C21H27N3O2. The van der Waals surface area contributed by atoms with Crippen molar-refractivity contribution in [3.05, 3.63) is 59.7 Å². The summed E-state index contributed by atoms with van der Waals surface area (Å²) in [6.45, 7) is 2.77. The number of likely N-dealkylation sites (N-methyl/N-ethyl adjacent to an activating group) is 1. The fourth-order valence-electron chi connectivity index (χ4n) is 2.86. The number of benzene rings is 2. The number of nitrogens with zero attached hydrogens (tertiary/aromatic N) is 1. The molecule has 1 unspecified atom stereocenters. The molecule has 0 bridgehead atoms. The second kappa shape index (κ2) is 9.15. The van der Waals surface area contributed by atoms with Crippen molar-refractivity contribution < 1.29 is 9.59 Å². The van der Waals surface area contributed by atoms with Gasteiger partial charge in [0.2, 0.25) is 5.91 Å². The van der Waals surface area contributed by atoms with Gasteiger partial charge in [0, 0.05) is 23.7 Å². The molecule has 138 valence electrons. The zero-order valence-electron chi connectivity index (χ0n) is 15.7. The minimum Gasteiger partial charge on any atom is -0.366 e. The second-order valence-corrected chi connectivity index (χ2v) is 6.64. The van der Waals surface area contributed by atoms with Crippen molar-refractivity contribution in [2.45, 2.75) is 25.8 Å². The average Bonchev–Trinajstić information content (AvgIpc) is 2.64. The molecule has 0 fully saturated rings. The van der Waals surface area contributed by atoms with Crippen molar-refractivity contribution in [3.8, 4) is 11.1 Å². The molecular weight excluding hydrogens is 326 g/mol. The molecule has 3 N–H and O–H groups in total. The number of rotatable bonds is 8. The van der Waals surface area contributed by atoms with Crippen molar-refractivity contribution in [1.29, 1.82) is 0 Å². The lowest BCUT2D eigenvalue weighted by molar-refractivity contribution is 0.0939. The third-order valence-corrected chi connectivity index (χ3v) is 4.48. The van der Waals surface area contributed by atoms with Crippen LogP contribution in [-0.4, -0.2) is 43.4 Å². The van der Waals surface area contributed by atoms with E-state index in [9.17, 15) is 9.59 Å². The van der Waals surface area contributed by atoms with Crippen molar-refractivity contribution in [1.82, 2.24) is 10.2 Å². The van der Waals surface area contributed by atoms with E-state index >= 15 is 0 Å². The molecule has 0 saturated carbocycles. The minimum absolute atomic E-state index is 0.0800. The quantitative estimate of drug-likeness (QED) is 0.766. The Hall–Kier alpha value is -2.66. The fraction of sp³-hybridized carbons (Fsp3) is 0.333. The van der Waals surface area contributed by atoms with Gasteiger partial charge < -0.3 is 16.0 Å². The molecule has 0 aliphatic heterocycles. The Kier molecular flexibility index (Phi) is 6.92. The lowest BCUT2D eigenvalue weighted by Crippen LogP contribution is -2.40. The molecule has 2 amide bonds. The van der Waals surface area contributed by atoms with Gasteiger partial charge in [-0.1, -0.05) is 37.6 Å². The summed E-state index contributed by atoms with van der Waals surface area (Å²) >= 11 is 0. The first-order valence-corrected chi connectivity index (χ1v) is 8.87. The number of primary amides is 1. The standard InChI is InChI=1S/C21H27N3O2/c1-4-6-19(24(2)3)14-23-21(26)18-8-5-7-17(13-18)15-9-11-16(12-10-15)20(22)25/h5,7-13,19H,4,6,14H2,1-3H3,(H2,22,25)(H,23,26). The van der Waals surface area contributed by atoms with Crippen LogP contribution in [0.5, 0.6) is 0 Å². The van der Waals surface area contributed by atoms with Gasteiger partial charge in [-0.25, -0.2) is 0 Å². The van der Waals surface area contributed by atoms with E-state index in [0.29, 0.717) is 23.7 Å². The normalized spacial score (nSPS) is 12.0. The van der Waals surface area contributed by atoms with Crippen LogP contribution < -0.4 is 11.1 Å². The van der Waals surface area contributed by atoms with Crippen LogP contribution in [0.4, 0.5) is 0 Å². The van der Waals surface area contributed by atoms with E-state index in [1.165, 1.54) is 0 Å². The van der Waals surface area contributed by atoms with Crippen molar-refractivity contribution >= 4 is 11.8 Å². The van der Waals surface area contributed by atoms with Crippen molar-refractivity contribution in [2.24, 2.45) is 5.73 Å². The maximum absolute atomic E-state index is 12.5. The maximum atomic E-state index is 12.5. The minimum atomic E-state index is -0.452. The van der Waals surface area contributed by atoms with Crippen LogP contribution in [0.2, 0.25) is 0 Å². The Morgan fingerprint density at radius 1 is 1.04 bits per heavy atom. The number of hydrogen-bond donors (Lipinski definition) is 2. The molecule has 0 aliphatic carbocycles. The molecule has 2 rings (SSSR count). The molecule has 5 heteroatoms. The first kappa shape index (κ1) is 19.7. The summed E-state index contributed by atoms with van der Waals surface area (Å²) < 4.78 is 0. The SMILES string of the molecule is CCCC(CNC(=O)c1cccc(-c2ccc(C(N)=O)cc2)c1)N(C)C. The van der Waals surface area contributed by atoms with Crippen LogP contribution in [0.15, 0.2) is 48.5 Å². The number of nitrogens with one attached hydrogen (secondary N) is 1. The number of carbonyl (C=O) groups is 2. The molecule has 0 aliphatic rings. The first-order valence-electron chi connectivity index (χ1n) is 8.87. The number of hydrogen-bond acceptors (Lipinski definition) is 3. The zero-order valence-corrected chi connectivity index (χ0v) is 15.7. The van der Waals surface area contributed by atoms with E-state index in [2.05, 4.69) is 17.1 Å². The molecule has 5 nitrogen and oxygen atoms in total. The average molecular weight is 353 g/mol. The van der Waals surface area contributed by atoms with Gasteiger partial charge in [0.05, 0.1) is 0 Å². The van der Waals surface area contributed by atoms with Gasteiger partial charge in [0.1, 0.15) is 0 Å². The van der Waals surface area contributed by atoms with Crippen molar-refractivity contribution in [3.63, 3.8) is 0 Å². The van der Waals surface area contributed by atoms with E-state index in [0.717, 1.165) is 24.0 Å². The van der Waals surface area contributed by atoms with Crippen LogP contribution in [0, 0.1) is 0 Å². The van der Waals surface area contributed by atoms with Gasteiger partial charge in [0.15, 0.2) is 0 Å². The molecule has 26 heavy (non-hydrogen) atoms. The smallest absolute Gasteiger partial charge is 0.251 e. The lowest BCUT2D eigenvalue weighted by Gasteiger charge is -2.24. The molecule has 2 aromatic rings. The molecule has 0 radical (unpaired) electrons. The van der Waals surface area contributed by atoms with E-state index in [1.807, 2.05) is 44.4 Å². The predicted molar refractivity (Wildman–Crippen MR) is 105 cm³/mol. The maximum Gasteiger partial charge on any atom is 0.251 e. The number of amides is 2. The highest BCUT2D eigenvalue weighted by Gasteiger charge is 2.13. The van der Waals surface area contributed by atoms with Gasteiger partial charge >= 0.3 is 0 Å². The Morgan fingerprint density at radius 2 is 1.73 bits per heavy atom. The molecule has 0 saturated heterocycles. The Labute approximate surface area is 155 Å². The summed E-state index contributed by atoms with van der Waals surface area (Å²) in [5, 5.41) is 3.03. The summed E-state index contributed by atoms with van der Waals surface area (Å²) in [7, 11) is 4.06. The summed E-state index contributed by atoms with van der Waals surface area (Å²) in [5.74, 6) is -0.532. The molecule has 2 aromatic carbocycles. The van der Waals surface area contributed by atoms with E-state index < -0.39 is 5.91 Å². The van der Waals surface area contributed by atoms with Gasteiger partial charge in [0.25, 0.3) is 5.91 Å². The first-order chi connectivity index (χ1) is 12.4. The fourth-order valence-corrected chi connectivity index (χ4v) is 2.86. The van der Waals surface area contributed by atoms with E-state index in [1.54, 1.807) is 18.2 Å². The Balaban J connectivity index is 2.10. The Bertz CT molecular complexity index is 754. The predicted octanol–water partition coefficient (Wildman–Crippen LogP) is 2.91. The van der Waals surface area contributed by atoms with Crippen molar-refractivity contribution in [2.75, 3.05) is 20.6 Å². The zero-order chi connectivity index (χ0) is 19.1. The summed E-state index contributed by atoms with van der Waals surface area (Å²) in [6.07, 6.45) is 2.12. The third-order valence-electron chi connectivity index (χ3n) is 4.48. The van der Waals surface area contributed by atoms with E-state index in [-0.39, 0.29) is 5.91 Å². The molecule has 0 heterocycles. The monoisotopic (exact) mass is 353 g/mol. The van der Waals surface area contributed by atoms with Gasteiger partial charge in [-0.15, -0.1) is 0 Å². The number of carbonyl (C=O) groups excluding carboxylic acids is 2. The topological polar surface area (TPSA) is 75.4 Å². The van der Waals surface area contributed by atoms with Crippen LogP contribution in [-0.2, 0) is 0 Å². The van der Waals surface area contributed by atoms with Crippen LogP contribution >= 0.6 is 0 Å². The summed E-state index contributed by atoms with van der Waals surface area (Å²) in [5.41, 5.74) is 8.21. The lowest BCUT2D eigenvalue weighted by atomic mass is 10.0. The summed E-state index contributed by atoms with van der Waals surface area (Å²) in [4.78, 5) is 25.8. The van der Waals surface area contributed by atoms with E-state index in [4.69, 9.17) is 5.73 Å². The van der Waals surface area contributed by atoms with Crippen LogP contribution in [0.3, 0.4) is 0 Å².